The molecule has 0 fully saturated rings. The molecule has 0 saturated heterocycles. The van der Waals surface area contributed by atoms with Gasteiger partial charge in [0.1, 0.15) is 0 Å². The van der Waals surface area contributed by atoms with E-state index in [4.69, 9.17) is 9.47 Å². The van der Waals surface area contributed by atoms with E-state index >= 15 is 0 Å². The minimum absolute atomic E-state index is 0.626. The van der Waals surface area contributed by atoms with Crippen LogP contribution in [-0.4, -0.2) is 0 Å². The summed E-state index contributed by atoms with van der Waals surface area (Å²) in [5.74, 6) is 2.59. The summed E-state index contributed by atoms with van der Waals surface area (Å²) in [5, 5.41) is 0. The molecule has 0 spiro atoms. The molecule has 1 aliphatic heterocycles. The molecule has 0 N–H and O–H groups in total. The van der Waals surface area contributed by atoms with Crippen LogP contribution in [0.3, 0.4) is 0 Å². The van der Waals surface area contributed by atoms with E-state index in [9.17, 15) is 0 Å². The maximum absolute atomic E-state index is 5.96. The topological polar surface area (TPSA) is 18.5 Å². The molecule has 2 aromatic carbocycles. The van der Waals surface area contributed by atoms with Crippen molar-refractivity contribution in [2.24, 2.45) is 0 Å². The quantitative estimate of drug-likeness (QED) is 0.205. The Bertz CT molecular complexity index is 699. The molecule has 0 unspecified atom stereocenters. The van der Waals surface area contributed by atoms with Crippen molar-refractivity contribution in [3.05, 3.63) is 40.6 Å². The zero-order valence-electron chi connectivity index (χ0n) is 8.94. The van der Waals surface area contributed by atoms with Crippen LogP contribution in [0.4, 0.5) is 0 Å². The lowest BCUT2D eigenvalue weighted by atomic mass is 10.2. The van der Waals surface area contributed by atoms with Gasteiger partial charge in [0.05, 0.1) is 22.4 Å². The summed E-state index contributed by atoms with van der Waals surface area (Å²) >= 11 is 17.5. The van der Waals surface area contributed by atoms with Gasteiger partial charge in [0.2, 0.25) is 0 Å². The monoisotopic (exact) mass is 574 g/mol. The molecule has 2 nitrogen and oxygen atoms in total. The first-order valence-corrected chi connectivity index (χ1v) is 8.97. The summed E-state index contributed by atoms with van der Waals surface area (Å²) in [7, 11) is 0. The van der Waals surface area contributed by atoms with Crippen molar-refractivity contribution in [1.29, 1.82) is 0 Å². The van der Waals surface area contributed by atoms with E-state index in [2.05, 4.69) is 79.6 Å². The predicted molar refractivity (Wildman–Crippen MR) is 91.5 cm³/mol. The summed E-state index contributed by atoms with van der Waals surface area (Å²) in [6, 6.07) is 5.66. The van der Waals surface area contributed by atoms with E-state index < -0.39 is 0 Å². The van der Waals surface area contributed by atoms with Gasteiger partial charge in [-0.1, -0.05) is 6.07 Å². The van der Waals surface area contributed by atoms with Crippen LogP contribution in [-0.2, 0) is 0 Å². The Morgan fingerprint density at radius 3 is 1.84 bits per heavy atom. The highest BCUT2D eigenvalue weighted by Crippen LogP contribution is 2.57. The smallest absolute Gasteiger partial charge is 0.186 e. The van der Waals surface area contributed by atoms with Gasteiger partial charge in [-0.25, -0.2) is 0 Å². The zero-order chi connectivity index (χ0) is 13.7. The van der Waals surface area contributed by atoms with Crippen molar-refractivity contribution < 1.29 is 9.47 Å². The SMILES string of the molecule is Brc1cccc2c1Oc1c(Br)c(Br)c(Br)c(Br)c1O2. The molecule has 0 radical (unpaired) electrons. The molecule has 0 aromatic heterocycles. The Hall–Kier alpha value is 0.440. The maximum Gasteiger partial charge on any atom is 0.186 e. The van der Waals surface area contributed by atoms with Gasteiger partial charge in [-0.2, -0.15) is 0 Å². The number of fused-ring (bicyclic) bond motifs is 2. The lowest BCUT2D eigenvalue weighted by Crippen LogP contribution is -2.02. The lowest BCUT2D eigenvalue weighted by Gasteiger charge is -2.24. The van der Waals surface area contributed by atoms with E-state index in [0.29, 0.717) is 23.0 Å². The van der Waals surface area contributed by atoms with Crippen LogP contribution in [0, 0.1) is 0 Å². The Kier molecular flexibility index (Phi) is 4.03. The second-order valence-corrected chi connectivity index (χ2v) is 7.71. The molecule has 1 heterocycles. The van der Waals surface area contributed by atoms with Gasteiger partial charge in [-0.15, -0.1) is 0 Å². The molecule has 0 aliphatic carbocycles. The summed E-state index contributed by atoms with van der Waals surface area (Å²) in [6.45, 7) is 0. The van der Waals surface area contributed by atoms with Crippen LogP contribution in [0.25, 0.3) is 0 Å². The average molecular weight is 579 g/mol. The highest BCUT2D eigenvalue weighted by Gasteiger charge is 2.28. The van der Waals surface area contributed by atoms with Crippen molar-refractivity contribution in [2.75, 3.05) is 0 Å². The fourth-order valence-corrected chi connectivity index (χ4v) is 4.29. The van der Waals surface area contributed by atoms with Gasteiger partial charge in [-0.3, -0.25) is 0 Å². The van der Waals surface area contributed by atoms with Crippen molar-refractivity contribution in [1.82, 2.24) is 0 Å². The molecular formula is C12H3Br5O2. The van der Waals surface area contributed by atoms with Gasteiger partial charge in [0.15, 0.2) is 23.0 Å². The Balaban J connectivity index is 2.26. The Morgan fingerprint density at radius 1 is 0.632 bits per heavy atom. The van der Waals surface area contributed by atoms with Gasteiger partial charge < -0.3 is 9.47 Å². The Labute approximate surface area is 151 Å². The number of hydrogen-bond donors (Lipinski definition) is 0. The maximum atomic E-state index is 5.96. The fraction of sp³-hybridized carbons (Fsp3) is 0. The van der Waals surface area contributed by atoms with Crippen molar-refractivity contribution in [3.63, 3.8) is 0 Å². The molecule has 1 aliphatic rings. The van der Waals surface area contributed by atoms with E-state index in [1.54, 1.807) is 0 Å². The van der Waals surface area contributed by atoms with Crippen LogP contribution in [0.5, 0.6) is 23.0 Å². The molecule has 2 aromatic rings. The van der Waals surface area contributed by atoms with E-state index in [-0.39, 0.29) is 0 Å². The van der Waals surface area contributed by atoms with Gasteiger partial charge in [0, 0.05) is 0 Å². The number of hydrogen-bond acceptors (Lipinski definition) is 2. The first-order valence-electron chi connectivity index (χ1n) is 5.01. The number of benzene rings is 2. The minimum atomic E-state index is 0.626. The van der Waals surface area contributed by atoms with Crippen LogP contribution in [0.2, 0.25) is 0 Å². The number of rotatable bonds is 0. The first kappa shape index (κ1) is 14.4. The summed E-state index contributed by atoms with van der Waals surface area (Å²) < 4.78 is 16.0. The third kappa shape index (κ3) is 2.31. The van der Waals surface area contributed by atoms with Crippen molar-refractivity contribution in [2.45, 2.75) is 0 Å². The summed E-state index contributed by atoms with van der Waals surface area (Å²) in [6.07, 6.45) is 0. The number of halogens is 5. The van der Waals surface area contributed by atoms with Crippen LogP contribution < -0.4 is 9.47 Å². The number of para-hydroxylation sites is 1. The third-order valence-corrected chi connectivity index (χ3v) is 7.85. The third-order valence-electron chi connectivity index (χ3n) is 2.53. The Morgan fingerprint density at radius 2 is 1.21 bits per heavy atom. The van der Waals surface area contributed by atoms with Crippen LogP contribution in [0.15, 0.2) is 40.6 Å². The molecule has 0 saturated carbocycles. The number of ether oxygens (including phenoxy) is 2. The van der Waals surface area contributed by atoms with E-state index in [0.717, 1.165) is 22.4 Å². The summed E-state index contributed by atoms with van der Waals surface area (Å²) in [5.41, 5.74) is 0. The highest BCUT2D eigenvalue weighted by molar-refractivity contribution is 9.15. The second kappa shape index (κ2) is 5.33. The largest absolute Gasteiger partial charge is 0.448 e. The molecule has 3 rings (SSSR count). The van der Waals surface area contributed by atoms with Gasteiger partial charge >= 0.3 is 0 Å². The van der Waals surface area contributed by atoms with Crippen molar-refractivity contribution in [3.8, 4) is 23.0 Å². The van der Waals surface area contributed by atoms with Gasteiger partial charge in [0.25, 0.3) is 0 Å². The fourth-order valence-electron chi connectivity index (χ4n) is 1.65. The molecule has 7 heteroatoms. The van der Waals surface area contributed by atoms with Crippen LogP contribution >= 0.6 is 79.6 Å². The van der Waals surface area contributed by atoms with E-state index in [1.165, 1.54) is 0 Å². The molecule has 19 heavy (non-hydrogen) atoms. The lowest BCUT2D eigenvalue weighted by molar-refractivity contribution is 0.353. The molecule has 0 atom stereocenters. The second-order valence-electron chi connectivity index (χ2n) is 3.69. The van der Waals surface area contributed by atoms with Crippen LogP contribution in [0.1, 0.15) is 0 Å². The normalized spacial score (nSPS) is 12.3. The first-order chi connectivity index (χ1) is 9.00. The molecule has 0 amide bonds. The van der Waals surface area contributed by atoms with Crippen molar-refractivity contribution >= 4 is 79.6 Å². The zero-order valence-corrected chi connectivity index (χ0v) is 16.9. The predicted octanol–water partition coefficient (Wildman–Crippen LogP) is 7.40. The van der Waals surface area contributed by atoms with E-state index in [1.807, 2.05) is 18.2 Å². The minimum Gasteiger partial charge on any atom is -0.448 e. The standard InChI is InChI=1S/C12H3Br5O2/c13-4-2-1-3-5-10(4)19-12-9(17)7(15)6(14)8(16)11(12)18-5/h1-3H. The molecule has 98 valence electrons. The average Bonchev–Trinajstić information content (AvgIpc) is 2.42. The highest BCUT2D eigenvalue weighted by atomic mass is 79.9. The van der Waals surface area contributed by atoms with Gasteiger partial charge in [-0.05, 0) is 91.8 Å². The molecular weight excluding hydrogens is 576 g/mol. The summed E-state index contributed by atoms with van der Waals surface area (Å²) in [4.78, 5) is 0. The molecule has 0 bridgehead atoms.